The molecule has 1 rings (SSSR count). The van der Waals surface area contributed by atoms with E-state index < -0.39 is 24.3 Å². The molecule has 0 aromatic heterocycles. The quantitative estimate of drug-likeness (QED) is 0.535. The number of amides is 2. The number of anilines is 1. The summed E-state index contributed by atoms with van der Waals surface area (Å²) in [6.07, 6.45) is 0. The molecule has 2 amide bonds. The lowest BCUT2D eigenvalue weighted by Gasteiger charge is -2.08. The van der Waals surface area contributed by atoms with Crippen LogP contribution in [0, 0.1) is 6.92 Å². The van der Waals surface area contributed by atoms with Crippen LogP contribution in [0.3, 0.4) is 0 Å². The van der Waals surface area contributed by atoms with E-state index in [2.05, 4.69) is 10.6 Å². The number of carboxylic acid groups (broad SMARTS) is 1. The third kappa shape index (κ3) is 4.66. The number of carbonyl (C=O) groups is 3. The number of nitrogen functional groups attached to an aromatic ring is 1. The lowest BCUT2D eigenvalue weighted by Crippen LogP contribution is -2.39. The second-order valence-electron chi connectivity index (χ2n) is 3.94. The maximum Gasteiger partial charge on any atom is 0.322 e. The fourth-order valence-corrected chi connectivity index (χ4v) is 1.36. The van der Waals surface area contributed by atoms with Crippen LogP contribution < -0.4 is 16.4 Å². The summed E-state index contributed by atoms with van der Waals surface area (Å²) in [7, 11) is 0. The molecule has 19 heavy (non-hydrogen) atoms. The summed E-state index contributed by atoms with van der Waals surface area (Å²) in [5.41, 5.74) is 7.12. The van der Waals surface area contributed by atoms with Crippen LogP contribution >= 0.6 is 0 Å². The number of hydrogen-bond donors (Lipinski definition) is 4. The van der Waals surface area contributed by atoms with Gasteiger partial charge in [0, 0.05) is 5.69 Å². The number of rotatable bonds is 5. The van der Waals surface area contributed by atoms with E-state index in [4.69, 9.17) is 10.8 Å². The monoisotopic (exact) mass is 265 g/mol. The van der Waals surface area contributed by atoms with E-state index >= 15 is 0 Å². The van der Waals surface area contributed by atoms with E-state index in [9.17, 15) is 14.4 Å². The third-order valence-corrected chi connectivity index (χ3v) is 2.30. The Kier molecular flexibility index (Phi) is 4.87. The van der Waals surface area contributed by atoms with Crippen LogP contribution in [0.2, 0.25) is 0 Å². The molecule has 0 saturated heterocycles. The van der Waals surface area contributed by atoms with Crippen molar-refractivity contribution in [2.45, 2.75) is 6.92 Å². The topological polar surface area (TPSA) is 122 Å². The Hall–Kier alpha value is -2.57. The minimum Gasteiger partial charge on any atom is -0.480 e. The van der Waals surface area contributed by atoms with Gasteiger partial charge in [-0.05, 0) is 19.1 Å². The molecule has 1 aromatic carbocycles. The molecular weight excluding hydrogens is 250 g/mol. The SMILES string of the molecule is Cc1ccc(N)c(C(=O)NCC(=O)NCC(=O)O)c1. The summed E-state index contributed by atoms with van der Waals surface area (Å²) in [4.78, 5) is 33.2. The molecule has 0 atom stereocenters. The van der Waals surface area contributed by atoms with Gasteiger partial charge in [0.05, 0.1) is 12.1 Å². The van der Waals surface area contributed by atoms with Crippen molar-refractivity contribution in [1.82, 2.24) is 10.6 Å². The number of carboxylic acids is 1. The van der Waals surface area contributed by atoms with E-state index in [0.717, 1.165) is 5.56 Å². The summed E-state index contributed by atoms with van der Waals surface area (Å²) in [5, 5.41) is 12.9. The molecule has 0 fully saturated rings. The highest BCUT2D eigenvalue weighted by Crippen LogP contribution is 2.13. The van der Waals surface area contributed by atoms with Crippen LogP contribution in [0.5, 0.6) is 0 Å². The highest BCUT2D eigenvalue weighted by atomic mass is 16.4. The van der Waals surface area contributed by atoms with Crippen molar-refractivity contribution in [1.29, 1.82) is 0 Å². The number of carbonyl (C=O) groups excluding carboxylic acids is 2. The van der Waals surface area contributed by atoms with Crippen molar-refractivity contribution in [3.8, 4) is 0 Å². The van der Waals surface area contributed by atoms with Crippen molar-refractivity contribution in [3.63, 3.8) is 0 Å². The maximum absolute atomic E-state index is 11.8. The Balaban J connectivity index is 2.53. The van der Waals surface area contributed by atoms with Gasteiger partial charge in [0.15, 0.2) is 0 Å². The molecule has 7 nitrogen and oxygen atoms in total. The van der Waals surface area contributed by atoms with Gasteiger partial charge in [0.2, 0.25) is 5.91 Å². The first-order valence-electron chi connectivity index (χ1n) is 5.53. The second kappa shape index (κ2) is 6.39. The zero-order valence-corrected chi connectivity index (χ0v) is 10.4. The molecule has 5 N–H and O–H groups in total. The average Bonchev–Trinajstić information content (AvgIpc) is 2.36. The fraction of sp³-hybridized carbons (Fsp3) is 0.250. The molecule has 0 bridgehead atoms. The number of nitrogens with two attached hydrogens (primary N) is 1. The molecule has 0 unspecified atom stereocenters. The molecule has 0 aliphatic carbocycles. The van der Waals surface area contributed by atoms with Gasteiger partial charge in [-0.15, -0.1) is 0 Å². The van der Waals surface area contributed by atoms with Gasteiger partial charge in [-0.1, -0.05) is 11.6 Å². The Morgan fingerprint density at radius 3 is 2.53 bits per heavy atom. The van der Waals surface area contributed by atoms with Crippen LogP contribution in [-0.4, -0.2) is 36.0 Å². The van der Waals surface area contributed by atoms with E-state index in [1.165, 1.54) is 0 Å². The Bertz CT molecular complexity index is 514. The minimum atomic E-state index is -1.15. The average molecular weight is 265 g/mol. The summed E-state index contributed by atoms with van der Waals surface area (Å²) < 4.78 is 0. The zero-order valence-electron chi connectivity index (χ0n) is 10.4. The van der Waals surface area contributed by atoms with Gasteiger partial charge in [0.1, 0.15) is 6.54 Å². The predicted octanol–water partition coefficient (Wildman–Crippen LogP) is -0.492. The van der Waals surface area contributed by atoms with Crippen LogP contribution in [0.1, 0.15) is 15.9 Å². The lowest BCUT2D eigenvalue weighted by atomic mass is 10.1. The van der Waals surface area contributed by atoms with Gasteiger partial charge < -0.3 is 21.5 Å². The first kappa shape index (κ1) is 14.5. The van der Waals surface area contributed by atoms with Gasteiger partial charge in [-0.25, -0.2) is 0 Å². The molecule has 0 heterocycles. The number of hydrogen-bond acceptors (Lipinski definition) is 4. The van der Waals surface area contributed by atoms with Crippen molar-refractivity contribution in [2.75, 3.05) is 18.8 Å². The van der Waals surface area contributed by atoms with E-state index in [0.29, 0.717) is 5.69 Å². The minimum absolute atomic E-state index is 0.283. The largest absolute Gasteiger partial charge is 0.480 e. The highest BCUT2D eigenvalue weighted by Gasteiger charge is 2.11. The molecule has 7 heteroatoms. The molecule has 0 aliphatic heterocycles. The zero-order chi connectivity index (χ0) is 14.4. The van der Waals surface area contributed by atoms with E-state index in [1.54, 1.807) is 18.2 Å². The van der Waals surface area contributed by atoms with Gasteiger partial charge in [-0.3, -0.25) is 14.4 Å². The smallest absolute Gasteiger partial charge is 0.322 e. The van der Waals surface area contributed by atoms with E-state index in [-0.39, 0.29) is 12.1 Å². The van der Waals surface area contributed by atoms with Gasteiger partial charge in [0.25, 0.3) is 5.91 Å². The molecule has 0 spiro atoms. The number of benzene rings is 1. The molecule has 0 saturated carbocycles. The van der Waals surface area contributed by atoms with Gasteiger partial charge >= 0.3 is 5.97 Å². The third-order valence-electron chi connectivity index (χ3n) is 2.30. The van der Waals surface area contributed by atoms with Crippen molar-refractivity contribution < 1.29 is 19.5 Å². The summed E-state index contributed by atoms with van der Waals surface area (Å²) >= 11 is 0. The first-order valence-corrected chi connectivity index (χ1v) is 5.53. The van der Waals surface area contributed by atoms with Crippen LogP contribution in [0.15, 0.2) is 18.2 Å². The Morgan fingerprint density at radius 2 is 1.89 bits per heavy atom. The van der Waals surface area contributed by atoms with E-state index in [1.807, 2.05) is 6.92 Å². The van der Waals surface area contributed by atoms with Crippen molar-refractivity contribution >= 4 is 23.5 Å². The number of aliphatic carboxylic acids is 1. The van der Waals surface area contributed by atoms with Gasteiger partial charge in [-0.2, -0.15) is 0 Å². The predicted molar refractivity (Wildman–Crippen MR) is 68.6 cm³/mol. The summed E-state index contributed by atoms with van der Waals surface area (Å²) in [5.74, 6) is -2.21. The summed E-state index contributed by atoms with van der Waals surface area (Å²) in [6, 6.07) is 4.99. The van der Waals surface area contributed by atoms with Crippen LogP contribution in [0.25, 0.3) is 0 Å². The van der Waals surface area contributed by atoms with Crippen molar-refractivity contribution in [2.24, 2.45) is 0 Å². The molecular formula is C12H15N3O4. The molecule has 102 valence electrons. The molecule has 0 radical (unpaired) electrons. The van der Waals surface area contributed by atoms with Crippen LogP contribution in [-0.2, 0) is 9.59 Å². The number of aryl methyl sites for hydroxylation is 1. The molecule has 0 aliphatic rings. The second-order valence-corrected chi connectivity index (χ2v) is 3.94. The number of nitrogens with one attached hydrogen (secondary N) is 2. The first-order chi connectivity index (χ1) is 8.90. The normalized spacial score (nSPS) is 9.74. The molecule has 1 aromatic rings. The highest BCUT2D eigenvalue weighted by molar-refractivity contribution is 6.00. The standard InChI is InChI=1S/C12H15N3O4/c1-7-2-3-9(13)8(4-7)12(19)15-5-10(16)14-6-11(17)18/h2-4H,5-6,13H2,1H3,(H,14,16)(H,15,19)(H,17,18). The Labute approximate surface area is 109 Å². The fourth-order valence-electron chi connectivity index (χ4n) is 1.36. The maximum atomic E-state index is 11.8. The van der Waals surface area contributed by atoms with Crippen molar-refractivity contribution in [3.05, 3.63) is 29.3 Å². The van der Waals surface area contributed by atoms with Crippen LogP contribution in [0.4, 0.5) is 5.69 Å². The summed E-state index contributed by atoms with van der Waals surface area (Å²) in [6.45, 7) is 1.02. The Morgan fingerprint density at radius 1 is 1.21 bits per heavy atom. The lowest BCUT2D eigenvalue weighted by molar-refractivity contribution is -0.137.